The van der Waals surface area contributed by atoms with Crippen molar-refractivity contribution >= 4 is 29.9 Å². The molecule has 0 spiro atoms. The molecular weight excluding hydrogens is 491 g/mol. The van der Waals surface area contributed by atoms with Crippen LogP contribution in [0, 0.1) is 0 Å². The fraction of sp³-hybridized carbons (Fsp3) is 0.545. The van der Waals surface area contributed by atoms with Gasteiger partial charge in [-0.05, 0) is 31.9 Å². The Morgan fingerprint density at radius 3 is 2.67 bits per heavy atom. The molecular formula is C22H35IN6O. The van der Waals surface area contributed by atoms with Crippen molar-refractivity contribution in [3.8, 4) is 0 Å². The van der Waals surface area contributed by atoms with Crippen molar-refractivity contribution in [1.82, 2.24) is 25.1 Å². The van der Waals surface area contributed by atoms with E-state index in [0.29, 0.717) is 6.54 Å². The first-order valence-corrected chi connectivity index (χ1v) is 10.5. The maximum absolute atomic E-state index is 5.49. The first-order chi connectivity index (χ1) is 14.1. The third kappa shape index (κ3) is 7.55. The number of aromatic nitrogens is 2. The highest BCUT2D eigenvalue weighted by molar-refractivity contribution is 14.0. The lowest BCUT2D eigenvalue weighted by molar-refractivity contribution is -0.00834. The van der Waals surface area contributed by atoms with E-state index in [1.54, 1.807) is 6.20 Å². The summed E-state index contributed by atoms with van der Waals surface area (Å²) in [6.45, 7) is 13.4. The summed E-state index contributed by atoms with van der Waals surface area (Å²) < 4.78 is 7.56. The topological polar surface area (TPSA) is 66.7 Å². The van der Waals surface area contributed by atoms with Gasteiger partial charge in [-0.15, -0.1) is 24.0 Å². The van der Waals surface area contributed by atoms with Crippen LogP contribution in [0.25, 0.3) is 0 Å². The molecule has 1 aromatic heterocycles. The third-order valence-electron chi connectivity index (χ3n) is 5.24. The number of hydrogen-bond donors (Lipinski definition) is 2. The van der Waals surface area contributed by atoms with Gasteiger partial charge in [-0.1, -0.05) is 24.3 Å². The number of guanidine groups is 1. The van der Waals surface area contributed by atoms with Gasteiger partial charge in [-0.3, -0.25) is 4.90 Å². The summed E-state index contributed by atoms with van der Waals surface area (Å²) in [6, 6.07) is 8.58. The van der Waals surface area contributed by atoms with E-state index in [4.69, 9.17) is 9.73 Å². The highest BCUT2D eigenvalue weighted by Gasteiger charge is 2.28. The number of halogens is 1. The lowest BCUT2D eigenvalue weighted by atomic mass is 10.0. The van der Waals surface area contributed by atoms with Crippen molar-refractivity contribution in [1.29, 1.82) is 0 Å². The Hall–Kier alpha value is -1.65. The number of imidazole rings is 1. The maximum Gasteiger partial charge on any atom is 0.191 e. The van der Waals surface area contributed by atoms with Crippen molar-refractivity contribution in [2.24, 2.45) is 4.99 Å². The van der Waals surface area contributed by atoms with Gasteiger partial charge in [0.1, 0.15) is 0 Å². The predicted octanol–water partition coefficient (Wildman–Crippen LogP) is 2.72. The maximum atomic E-state index is 5.49. The zero-order valence-corrected chi connectivity index (χ0v) is 20.6. The van der Waals surface area contributed by atoms with Crippen molar-refractivity contribution in [3.63, 3.8) is 0 Å². The van der Waals surface area contributed by atoms with Crippen LogP contribution in [0.1, 0.15) is 31.9 Å². The van der Waals surface area contributed by atoms with Crippen LogP contribution in [0.3, 0.4) is 0 Å². The number of rotatable bonds is 8. The van der Waals surface area contributed by atoms with Gasteiger partial charge in [0.25, 0.3) is 0 Å². The lowest BCUT2D eigenvalue weighted by Crippen LogP contribution is -2.56. The second-order valence-corrected chi connectivity index (χ2v) is 8.02. The summed E-state index contributed by atoms with van der Waals surface area (Å²) >= 11 is 0. The standard InChI is InChI=1S/C22H34N6O.HI/c1-4-24-21(26-17-22(2,3)28-10-12-29-13-11-28)25-15-19-6-5-7-20(14-19)16-27-9-8-23-18-27;/h5-9,14,18H,4,10-13,15-17H2,1-3H3,(H2,24,25,26);1H. The minimum atomic E-state index is 0. The fourth-order valence-corrected chi connectivity index (χ4v) is 3.51. The van der Waals surface area contributed by atoms with E-state index in [2.05, 4.69) is 70.1 Å². The number of morpholine rings is 1. The average molecular weight is 526 g/mol. The molecule has 2 aromatic rings. The summed E-state index contributed by atoms with van der Waals surface area (Å²) in [5, 5.41) is 6.89. The molecule has 0 aliphatic carbocycles. The van der Waals surface area contributed by atoms with E-state index in [0.717, 1.165) is 51.9 Å². The summed E-state index contributed by atoms with van der Waals surface area (Å²) in [4.78, 5) is 11.4. The monoisotopic (exact) mass is 526 g/mol. The Morgan fingerprint density at radius 1 is 1.20 bits per heavy atom. The molecule has 1 aromatic carbocycles. The van der Waals surface area contributed by atoms with Crippen LogP contribution in [-0.2, 0) is 17.8 Å². The van der Waals surface area contributed by atoms with Crippen LogP contribution < -0.4 is 10.6 Å². The SMILES string of the molecule is CCNC(=NCc1cccc(Cn2ccnc2)c1)NCC(C)(C)N1CCOCC1.I. The largest absolute Gasteiger partial charge is 0.379 e. The first-order valence-electron chi connectivity index (χ1n) is 10.5. The van der Waals surface area contributed by atoms with Crippen molar-refractivity contribution in [3.05, 3.63) is 54.1 Å². The van der Waals surface area contributed by atoms with Crippen LogP contribution >= 0.6 is 24.0 Å². The summed E-state index contributed by atoms with van der Waals surface area (Å²) in [6.07, 6.45) is 5.63. The third-order valence-corrected chi connectivity index (χ3v) is 5.24. The van der Waals surface area contributed by atoms with E-state index in [1.807, 2.05) is 12.5 Å². The van der Waals surface area contributed by atoms with Crippen LogP contribution in [0.4, 0.5) is 0 Å². The molecule has 1 fully saturated rings. The first kappa shape index (κ1) is 24.6. The van der Waals surface area contributed by atoms with Crippen molar-refractivity contribution in [2.75, 3.05) is 39.4 Å². The Morgan fingerprint density at radius 2 is 1.97 bits per heavy atom. The molecule has 1 saturated heterocycles. The van der Waals surface area contributed by atoms with Crippen LogP contribution in [0.15, 0.2) is 48.0 Å². The molecule has 7 nitrogen and oxygen atoms in total. The number of nitrogens with one attached hydrogen (secondary N) is 2. The minimum absolute atomic E-state index is 0. The molecule has 1 aliphatic rings. The summed E-state index contributed by atoms with van der Waals surface area (Å²) in [7, 11) is 0. The molecule has 1 aliphatic heterocycles. The Balaban J connectivity index is 0.00000320. The highest BCUT2D eigenvalue weighted by Crippen LogP contribution is 2.15. The Bertz CT molecular complexity index is 772. The quantitative estimate of drug-likeness (QED) is 0.315. The number of aliphatic imine (C=N–C) groups is 1. The van der Waals surface area contributed by atoms with Crippen LogP contribution in [0.2, 0.25) is 0 Å². The van der Waals surface area contributed by atoms with E-state index in [9.17, 15) is 0 Å². The summed E-state index contributed by atoms with van der Waals surface area (Å²) in [5.41, 5.74) is 2.50. The second kappa shape index (κ2) is 12.3. The average Bonchev–Trinajstić information content (AvgIpc) is 3.24. The zero-order valence-electron chi connectivity index (χ0n) is 18.3. The fourth-order valence-electron chi connectivity index (χ4n) is 3.51. The molecule has 30 heavy (non-hydrogen) atoms. The van der Waals surface area contributed by atoms with Gasteiger partial charge in [-0.25, -0.2) is 9.98 Å². The molecule has 0 saturated carbocycles. The predicted molar refractivity (Wildman–Crippen MR) is 132 cm³/mol. The van der Waals surface area contributed by atoms with Crippen molar-refractivity contribution < 1.29 is 4.74 Å². The van der Waals surface area contributed by atoms with E-state index in [-0.39, 0.29) is 29.5 Å². The van der Waals surface area contributed by atoms with E-state index >= 15 is 0 Å². The van der Waals surface area contributed by atoms with Gasteiger partial charge in [0.15, 0.2) is 5.96 Å². The zero-order chi connectivity index (χ0) is 20.5. The molecule has 0 amide bonds. The minimum Gasteiger partial charge on any atom is -0.379 e. The molecule has 0 radical (unpaired) electrons. The van der Waals surface area contributed by atoms with Gasteiger partial charge in [0.2, 0.25) is 0 Å². The molecule has 0 bridgehead atoms. The van der Waals surface area contributed by atoms with Gasteiger partial charge in [0, 0.05) is 50.7 Å². The normalized spacial score (nSPS) is 15.5. The molecule has 3 rings (SSSR count). The molecule has 8 heteroatoms. The molecule has 2 N–H and O–H groups in total. The molecule has 0 unspecified atom stereocenters. The lowest BCUT2D eigenvalue weighted by Gasteiger charge is -2.41. The van der Waals surface area contributed by atoms with Gasteiger partial charge < -0.3 is 19.9 Å². The number of nitrogens with zero attached hydrogens (tertiary/aromatic N) is 4. The van der Waals surface area contributed by atoms with Crippen LogP contribution in [-0.4, -0.2) is 65.3 Å². The number of benzene rings is 1. The number of ether oxygens (including phenoxy) is 1. The molecule has 2 heterocycles. The van der Waals surface area contributed by atoms with Gasteiger partial charge in [0.05, 0.1) is 26.1 Å². The highest BCUT2D eigenvalue weighted by atomic mass is 127. The Labute approximate surface area is 197 Å². The van der Waals surface area contributed by atoms with Crippen LogP contribution in [0.5, 0.6) is 0 Å². The summed E-state index contributed by atoms with van der Waals surface area (Å²) in [5.74, 6) is 0.855. The Kier molecular flexibility index (Phi) is 10.1. The van der Waals surface area contributed by atoms with E-state index < -0.39 is 0 Å². The smallest absolute Gasteiger partial charge is 0.191 e. The number of hydrogen-bond acceptors (Lipinski definition) is 4. The van der Waals surface area contributed by atoms with Gasteiger partial charge >= 0.3 is 0 Å². The van der Waals surface area contributed by atoms with Gasteiger partial charge in [-0.2, -0.15) is 0 Å². The van der Waals surface area contributed by atoms with Crippen molar-refractivity contribution in [2.45, 2.75) is 39.4 Å². The molecule has 166 valence electrons. The second-order valence-electron chi connectivity index (χ2n) is 8.02. The van der Waals surface area contributed by atoms with E-state index in [1.165, 1.54) is 11.1 Å². The molecule has 0 atom stereocenters.